The molecule has 0 bridgehead atoms. The van der Waals surface area contributed by atoms with E-state index in [4.69, 9.17) is 21.1 Å². The maximum Gasteiger partial charge on any atom is 0.183 e. The van der Waals surface area contributed by atoms with Gasteiger partial charge in [-0.05, 0) is 31.5 Å². The summed E-state index contributed by atoms with van der Waals surface area (Å²) in [6.45, 7) is 3.78. The molecule has 0 saturated carbocycles. The number of hydrogen-bond donors (Lipinski definition) is 0. The van der Waals surface area contributed by atoms with E-state index in [-0.39, 0.29) is 12.2 Å². The van der Waals surface area contributed by atoms with Crippen molar-refractivity contribution < 1.29 is 9.47 Å². The molecule has 0 aliphatic carbocycles. The van der Waals surface area contributed by atoms with Crippen LogP contribution in [0.4, 0.5) is 0 Å². The first-order chi connectivity index (χ1) is 10.6. The van der Waals surface area contributed by atoms with Crippen LogP contribution < -0.4 is 0 Å². The zero-order valence-corrected chi connectivity index (χ0v) is 13.8. The van der Waals surface area contributed by atoms with E-state index in [1.165, 1.54) is 0 Å². The van der Waals surface area contributed by atoms with Gasteiger partial charge in [-0.15, -0.1) is 10.2 Å². The zero-order valence-electron chi connectivity index (χ0n) is 13.0. The van der Waals surface area contributed by atoms with Crippen molar-refractivity contribution in [2.24, 2.45) is 5.10 Å². The molecular formula is C15H19ClN4O2. The van der Waals surface area contributed by atoms with E-state index in [1.54, 1.807) is 25.1 Å². The summed E-state index contributed by atoms with van der Waals surface area (Å²) < 4.78 is 12.3. The summed E-state index contributed by atoms with van der Waals surface area (Å²) in [4.78, 5) is 0. The van der Waals surface area contributed by atoms with Crippen LogP contribution in [-0.4, -0.2) is 35.3 Å². The molecule has 0 aliphatic rings. The summed E-state index contributed by atoms with van der Waals surface area (Å²) in [5.74, 6) is 1.23. The number of aromatic nitrogens is 3. The molecule has 2 atom stereocenters. The van der Waals surface area contributed by atoms with Gasteiger partial charge in [-0.1, -0.05) is 23.7 Å². The molecule has 0 radical (unpaired) electrons. The molecule has 0 amide bonds. The Morgan fingerprint density at radius 2 is 1.55 bits per heavy atom. The lowest BCUT2D eigenvalue weighted by Gasteiger charge is -2.12. The Balaban J connectivity index is 2.38. The summed E-state index contributed by atoms with van der Waals surface area (Å²) in [5, 5.41) is 13.5. The molecule has 6 nitrogen and oxygen atoms in total. The first-order valence-corrected chi connectivity index (χ1v) is 7.25. The highest BCUT2D eigenvalue weighted by molar-refractivity contribution is 6.30. The molecular weight excluding hydrogens is 304 g/mol. The van der Waals surface area contributed by atoms with E-state index in [1.807, 2.05) is 38.1 Å². The molecule has 118 valence electrons. The van der Waals surface area contributed by atoms with Gasteiger partial charge in [0.1, 0.15) is 12.2 Å². The average molecular weight is 323 g/mol. The van der Waals surface area contributed by atoms with E-state index < -0.39 is 0 Å². The monoisotopic (exact) mass is 322 g/mol. The summed E-state index contributed by atoms with van der Waals surface area (Å²) in [6.07, 6.45) is 1.26. The van der Waals surface area contributed by atoms with Gasteiger partial charge in [0.05, 0.1) is 6.21 Å². The van der Waals surface area contributed by atoms with Crippen molar-refractivity contribution in [2.75, 3.05) is 14.2 Å². The Bertz CT molecular complexity index is 612. The summed E-state index contributed by atoms with van der Waals surface area (Å²) >= 11 is 5.88. The van der Waals surface area contributed by atoms with Crippen LogP contribution in [0.15, 0.2) is 29.4 Å². The topological polar surface area (TPSA) is 61.5 Å². The first-order valence-electron chi connectivity index (χ1n) is 6.87. The molecule has 1 aromatic carbocycles. The highest BCUT2D eigenvalue weighted by Crippen LogP contribution is 2.20. The highest BCUT2D eigenvalue weighted by Gasteiger charge is 2.20. The van der Waals surface area contributed by atoms with Crippen LogP contribution in [0.5, 0.6) is 0 Å². The number of ether oxygens (including phenoxy) is 2. The molecule has 7 heteroatoms. The van der Waals surface area contributed by atoms with Crippen molar-refractivity contribution in [1.29, 1.82) is 0 Å². The summed E-state index contributed by atoms with van der Waals surface area (Å²) in [7, 11) is 3.23. The van der Waals surface area contributed by atoms with Crippen LogP contribution in [0.1, 0.15) is 43.3 Å². The standard InChI is InChI=1S/C15H19ClN4O2/c1-10(21-3)14-18-19-15(11(2)22-4)20(14)17-9-12-5-7-13(16)8-6-12/h5-11H,1-4H3/b17-9+. The van der Waals surface area contributed by atoms with Crippen molar-refractivity contribution in [1.82, 2.24) is 14.9 Å². The number of halogens is 1. The maximum atomic E-state index is 5.88. The molecule has 1 heterocycles. The first kappa shape index (κ1) is 16.6. The molecule has 2 unspecified atom stereocenters. The van der Waals surface area contributed by atoms with Gasteiger partial charge in [-0.25, -0.2) is 0 Å². The van der Waals surface area contributed by atoms with E-state index >= 15 is 0 Å². The van der Waals surface area contributed by atoms with Gasteiger partial charge in [-0.3, -0.25) is 0 Å². The SMILES string of the molecule is COC(C)c1nnc(C(C)OC)n1/N=C/c1ccc(Cl)cc1. The van der Waals surface area contributed by atoms with Crippen LogP contribution in [0.3, 0.4) is 0 Å². The van der Waals surface area contributed by atoms with Crippen molar-refractivity contribution in [2.45, 2.75) is 26.1 Å². The predicted octanol–water partition coefficient (Wildman–Crippen LogP) is 3.23. The number of benzene rings is 1. The fraction of sp³-hybridized carbons (Fsp3) is 0.400. The molecule has 2 aromatic rings. The highest BCUT2D eigenvalue weighted by atomic mass is 35.5. The van der Waals surface area contributed by atoms with E-state index in [0.717, 1.165) is 5.56 Å². The average Bonchev–Trinajstić information content (AvgIpc) is 2.96. The van der Waals surface area contributed by atoms with Gasteiger partial charge in [-0.2, -0.15) is 9.78 Å². The van der Waals surface area contributed by atoms with Crippen molar-refractivity contribution in [3.8, 4) is 0 Å². The van der Waals surface area contributed by atoms with Crippen molar-refractivity contribution in [3.05, 3.63) is 46.5 Å². The molecule has 0 saturated heterocycles. The smallest absolute Gasteiger partial charge is 0.183 e. The predicted molar refractivity (Wildman–Crippen MR) is 85.3 cm³/mol. The van der Waals surface area contributed by atoms with Gasteiger partial charge in [0.15, 0.2) is 11.6 Å². The second kappa shape index (κ2) is 7.49. The van der Waals surface area contributed by atoms with Gasteiger partial charge in [0.2, 0.25) is 0 Å². The van der Waals surface area contributed by atoms with Gasteiger partial charge < -0.3 is 9.47 Å². The summed E-state index contributed by atoms with van der Waals surface area (Å²) in [6, 6.07) is 7.39. The number of rotatable bonds is 6. The second-order valence-corrected chi connectivity index (χ2v) is 5.22. The van der Waals surface area contributed by atoms with E-state index in [9.17, 15) is 0 Å². The number of methoxy groups -OCH3 is 2. The Morgan fingerprint density at radius 3 is 2.00 bits per heavy atom. The minimum atomic E-state index is -0.229. The van der Waals surface area contributed by atoms with Crippen molar-refractivity contribution >= 4 is 17.8 Å². The normalized spacial score (nSPS) is 14.4. The fourth-order valence-electron chi connectivity index (χ4n) is 1.81. The minimum absolute atomic E-state index is 0.229. The molecule has 0 aliphatic heterocycles. The number of nitrogens with zero attached hydrogens (tertiary/aromatic N) is 4. The minimum Gasteiger partial charge on any atom is -0.374 e. The lowest BCUT2D eigenvalue weighted by Crippen LogP contribution is -2.10. The van der Waals surface area contributed by atoms with Gasteiger partial charge >= 0.3 is 0 Å². The quantitative estimate of drug-likeness (QED) is 0.766. The van der Waals surface area contributed by atoms with E-state index in [0.29, 0.717) is 16.7 Å². The third-order valence-electron chi connectivity index (χ3n) is 3.32. The molecule has 1 aromatic heterocycles. The maximum absolute atomic E-state index is 5.88. The molecule has 0 spiro atoms. The lowest BCUT2D eigenvalue weighted by molar-refractivity contribution is 0.101. The summed E-state index contributed by atoms with van der Waals surface area (Å²) in [5.41, 5.74) is 0.921. The fourth-order valence-corrected chi connectivity index (χ4v) is 1.94. The molecule has 0 fully saturated rings. The Kier molecular flexibility index (Phi) is 5.65. The van der Waals surface area contributed by atoms with Crippen LogP contribution >= 0.6 is 11.6 Å². The van der Waals surface area contributed by atoms with Crippen LogP contribution in [0.2, 0.25) is 5.02 Å². The Hall–Kier alpha value is -1.76. The van der Waals surface area contributed by atoms with Gasteiger partial charge in [0, 0.05) is 19.2 Å². The van der Waals surface area contributed by atoms with Crippen LogP contribution in [0, 0.1) is 0 Å². The lowest BCUT2D eigenvalue weighted by atomic mass is 10.2. The van der Waals surface area contributed by atoms with E-state index in [2.05, 4.69) is 15.3 Å². The Morgan fingerprint density at radius 1 is 1.05 bits per heavy atom. The molecule has 2 rings (SSSR count). The third kappa shape index (κ3) is 3.71. The van der Waals surface area contributed by atoms with Crippen LogP contribution in [-0.2, 0) is 9.47 Å². The zero-order chi connectivity index (χ0) is 16.1. The second-order valence-electron chi connectivity index (χ2n) is 4.78. The van der Waals surface area contributed by atoms with Crippen LogP contribution in [0.25, 0.3) is 0 Å². The third-order valence-corrected chi connectivity index (χ3v) is 3.57. The van der Waals surface area contributed by atoms with Gasteiger partial charge in [0.25, 0.3) is 0 Å². The molecule has 0 N–H and O–H groups in total. The largest absolute Gasteiger partial charge is 0.374 e. The Labute approximate surface area is 134 Å². The van der Waals surface area contributed by atoms with Crippen molar-refractivity contribution in [3.63, 3.8) is 0 Å². The molecule has 22 heavy (non-hydrogen) atoms. The number of hydrogen-bond acceptors (Lipinski definition) is 5.